The van der Waals surface area contributed by atoms with Gasteiger partial charge in [0.05, 0.1) is 10.9 Å². The highest BCUT2D eigenvalue weighted by Crippen LogP contribution is 2.38. The van der Waals surface area contributed by atoms with Gasteiger partial charge >= 0.3 is 0 Å². The second-order valence-electron chi connectivity index (χ2n) is 7.12. The number of likely N-dealkylation sites (tertiary alicyclic amines) is 1. The van der Waals surface area contributed by atoms with E-state index < -0.39 is 10.0 Å². The number of benzene rings is 2. The minimum atomic E-state index is -3.69. The van der Waals surface area contributed by atoms with Crippen LogP contribution in [0.25, 0.3) is 0 Å². The third-order valence-electron chi connectivity index (χ3n) is 5.42. The first-order chi connectivity index (χ1) is 12.5. The summed E-state index contributed by atoms with van der Waals surface area (Å²) in [5.41, 5.74) is 2.58. The number of piperidine rings is 1. The molecule has 1 heterocycles. The molecule has 2 aliphatic rings. The zero-order chi connectivity index (χ0) is 18.1. The van der Waals surface area contributed by atoms with Crippen molar-refractivity contribution in [3.8, 4) is 5.75 Å². The summed E-state index contributed by atoms with van der Waals surface area (Å²) < 4.78 is 29.2. The number of rotatable bonds is 4. The maximum absolute atomic E-state index is 11.4. The van der Waals surface area contributed by atoms with Gasteiger partial charge in [-0.1, -0.05) is 30.7 Å². The summed E-state index contributed by atoms with van der Waals surface area (Å²) in [6, 6.07) is 15.2. The Labute approximate surface area is 154 Å². The molecule has 2 aromatic rings. The normalized spacial score (nSPS) is 23.6. The Hall–Kier alpha value is -1.89. The lowest BCUT2D eigenvalue weighted by molar-refractivity contribution is 0.0647. The van der Waals surface area contributed by atoms with E-state index in [1.807, 2.05) is 0 Å². The van der Waals surface area contributed by atoms with Crippen LogP contribution in [-0.2, 0) is 16.4 Å². The van der Waals surface area contributed by atoms with Crippen molar-refractivity contribution in [2.45, 2.75) is 42.7 Å². The van der Waals surface area contributed by atoms with Gasteiger partial charge in [0.1, 0.15) is 11.9 Å². The predicted octanol–water partition coefficient (Wildman–Crippen LogP) is 2.86. The third-order valence-corrected chi connectivity index (χ3v) is 6.34. The zero-order valence-electron chi connectivity index (χ0n) is 14.7. The van der Waals surface area contributed by atoms with Crippen molar-refractivity contribution >= 4 is 10.0 Å². The number of ether oxygens (including phenoxy) is 1. The van der Waals surface area contributed by atoms with Gasteiger partial charge in [0.2, 0.25) is 10.0 Å². The van der Waals surface area contributed by atoms with Crippen molar-refractivity contribution in [3.05, 3.63) is 59.7 Å². The van der Waals surface area contributed by atoms with Crippen LogP contribution in [0.3, 0.4) is 0 Å². The molecule has 2 aromatic carbocycles. The lowest BCUT2D eigenvalue weighted by Crippen LogP contribution is -2.43. The summed E-state index contributed by atoms with van der Waals surface area (Å²) >= 11 is 0. The summed E-state index contributed by atoms with van der Waals surface area (Å²) in [5, 5.41) is 5.18. The Balaban J connectivity index is 1.60. The summed E-state index contributed by atoms with van der Waals surface area (Å²) in [4.78, 5) is 2.65. The molecule has 2 unspecified atom stereocenters. The first kappa shape index (κ1) is 17.5. The van der Waals surface area contributed by atoms with Crippen molar-refractivity contribution < 1.29 is 13.2 Å². The molecule has 1 aliphatic heterocycles. The number of nitrogens with two attached hydrogens (primary N) is 1. The molecule has 1 fully saturated rings. The van der Waals surface area contributed by atoms with Crippen LogP contribution >= 0.6 is 0 Å². The smallest absolute Gasteiger partial charge is 0.238 e. The van der Waals surface area contributed by atoms with E-state index in [2.05, 4.69) is 29.2 Å². The quantitative estimate of drug-likeness (QED) is 0.896. The Morgan fingerprint density at radius 2 is 1.65 bits per heavy atom. The Morgan fingerprint density at radius 1 is 0.962 bits per heavy atom. The molecule has 2 N–H and O–H groups in total. The molecule has 1 saturated heterocycles. The van der Waals surface area contributed by atoms with E-state index in [4.69, 9.17) is 9.88 Å². The highest BCUT2D eigenvalue weighted by Gasteiger charge is 2.38. The van der Waals surface area contributed by atoms with Crippen LogP contribution in [0.5, 0.6) is 5.75 Å². The van der Waals surface area contributed by atoms with Gasteiger partial charge in [-0.3, -0.25) is 4.90 Å². The van der Waals surface area contributed by atoms with E-state index in [0.29, 0.717) is 11.8 Å². The molecule has 0 bridgehead atoms. The molecule has 1 aliphatic carbocycles. The van der Waals surface area contributed by atoms with E-state index in [9.17, 15) is 8.42 Å². The van der Waals surface area contributed by atoms with Crippen molar-refractivity contribution in [3.63, 3.8) is 0 Å². The van der Waals surface area contributed by atoms with E-state index >= 15 is 0 Å². The van der Waals surface area contributed by atoms with Crippen LogP contribution in [0.1, 0.15) is 36.5 Å². The minimum Gasteiger partial charge on any atom is -0.484 e. The van der Waals surface area contributed by atoms with E-state index in [-0.39, 0.29) is 11.0 Å². The first-order valence-electron chi connectivity index (χ1n) is 9.14. The molecular formula is C20H24N2O3S. The number of fused-ring (bicyclic) bond motifs is 1. The Kier molecular flexibility index (Phi) is 4.73. The van der Waals surface area contributed by atoms with Gasteiger partial charge in [0.15, 0.2) is 0 Å². The molecule has 0 aromatic heterocycles. The molecule has 2 atom stereocenters. The predicted molar refractivity (Wildman–Crippen MR) is 101 cm³/mol. The lowest BCUT2D eigenvalue weighted by atomic mass is 10.0. The van der Waals surface area contributed by atoms with Crippen LogP contribution in [0, 0.1) is 0 Å². The molecule has 0 radical (unpaired) electrons. The average Bonchev–Trinajstić information content (AvgIpc) is 3.01. The first-order valence-corrected chi connectivity index (χ1v) is 10.7. The average molecular weight is 372 g/mol. The van der Waals surface area contributed by atoms with Crippen LogP contribution in [-0.4, -0.2) is 32.4 Å². The molecule has 4 rings (SSSR count). The van der Waals surface area contributed by atoms with Gasteiger partial charge in [0, 0.05) is 0 Å². The number of primary sulfonamides is 1. The van der Waals surface area contributed by atoms with Crippen molar-refractivity contribution in [2.24, 2.45) is 5.14 Å². The van der Waals surface area contributed by atoms with Gasteiger partial charge in [0.25, 0.3) is 0 Å². The zero-order valence-corrected chi connectivity index (χ0v) is 15.5. The maximum Gasteiger partial charge on any atom is 0.238 e. The summed E-state index contributed by atoms with van der Waals surface area (Å²) in [6.45, 7) is 2.23. The van der Waals surface area contributed by atoms with E-state index in [1.54, 1.807) is 12.1 Å². The van der Waals surface area contributed by atoms with Crippen molar-refractivity contribution in [1.29, 1.82) is 0 Å². The summed E-state index contributed by atoms with van der Waals surface area (Å²) in [7, 11) is -3.69. The van der Waals surface area contributed by atoms with Crippen molar-refractivity contribution in [1.82, 2.24) is 4.90 Å². The molecule has 0 saturated carbocycles. The highest BCUT2D eigenvalue weighted by atomic mass is 32.2. The van der Waals surface area contributed by atoms with Crippen LogP contribution in [0.2, 0.25) is 0 Å². The Bertz CT molecular complexity index is 874. The summed E-state index contributed by atoms with van der Waals surface area (Å²) in [5.74, 6) is 0.668. The molecule has 6 heteroatoms. The Morgan fingerprint density at radius 3 is 2.35 bits per heavy atom. The number of hydrogen-bond acceptors (Lipinski definition) is 4. The molecule has 26 heavy (non-hydrogen) atoms. The summed E-state index contributed by atoms with van der Waals surface area (Å²) in [6.07, 6.45) is 4.74. The van der Waals surface area contributed by atoms with Gasteiger partial charge in [-0.05, 0) is 67.7 Å². The maximum atomic E-state index is 11.4. The molecule has 5 nitrogen and oxygen atoms in total. The largest absolute Gasteiger partial charge is 0.484 e. The van der Waals surface area contributed by atoms with E-state index in [0.717, 1.165) is 19.5 Å². The monoisotopic (exact) mass is 372 g/mol. The van der Waals surface area contributed by atoms with E-state index in [1.165, 1.54) is 42.5 Å². The SMILES string of the molecule is NS(=O)(=O)c1ccc(OC2c3ccccc3CC2N2CCCCC2)cc1. The number of sulfonamides is 1. The standard InChI is InChI=1S/C20H24N2O3S/c21-26(23,24)17-10-8-16(9-11-17)25-20-18-7-3-2-6-15(18)14-19(20)22-12-4-1-5-13-22/h2-3,6-11,19-20H,1,4-5,12-14H2,(H2,21,23,24). The molecule has 138 valence electrons. The molecule has 0 amide bonds. The van der Waals surface area contributed by atoms with Gasteiger partial charge < -0.3 is 4.74 Å². The lowest BCUT2D eigenvalue weighted by Gasteiger charge is -2.35. The fourth-order valence-corrected chi connectivity index (χ4v) is 4.62. The van der Waals surface area contributed by atoms with Crippen LogP contribution in [0.15, 0.2) is 53.4 Å². The van der Waals surface area contributed by atoms with Gasteiger partial charge in [-0.15, -0.1) is 0 Å². The van der Waals surface area contributed by atoms with Crippen LogP contribution < -0.4 is 9.88 Å². The highest BCUT2D eigenvalue weighted by molar-refractivity contribution is 7.89. The second-order valence-corrected chi connectivity index (χ2v) is 8.68. The topological polar surface area (TPSA) is 72.6 Å². The fraction of sp³-hybridized carbons (Fsp3) is 0.400. The molecule has 0 spiro atoms. The number of hydrogen-bond donors (Lipinski definition) is 1. The second kappa shape index (κ2) is 7.02. The molecular weight excluding hydrogens is 348 g/mol. The fourth-order valence-electron chi connectivity index (χ4n) is 4.10. The van der Waals surface area contributed by atoms with Crippen LogP contribution in [0.4, 0.5) is 0 Å². The van der Waals surface area contributed by atoms with Gasteiger partial charge in [-0.2, -0.15) is 0 Å². The third kappa shape index (κ3) is 3.49. The van der Waals surface area contributed by atoms with Crippen molar-refractivity contribution in [2.75, 3.05) is 13.1 Å². The minimum absolute atomic E-state index is 0.0374. The number of nitrogens with zero attached hydrogens (tertiary/aromatic N) is 1. The van der Waals surface area contributed by atoms with Gasteiger partial charge in [-0.25, -0.2) is 13.6 Å².